The molecule has 46 heavy (non-hydrogen) atoms. The minimum atomic E-state index is -0.871. The molecular formula is C41H57NO4. The van der Waals surface area contributed by atoms with Crippen LogP contribution >= 0.6 is 0 Å². The van der Waals surface area contributed by atoms with Crippen LogP contribution in [0.1, 0.15) is 122 Å². The molecule has 3 N–H and O–H groups in total. The van der Waals surface area contributed by atoms with Crippen molar-refractivity contribution in [3.63, 3.8) is 0 Å². The van der Waals surface area contributed by atoms with Crippen molar-refractivity contribution in [3.05, 3.63) is 53.6 Å². The summed E-state index contributed by atoms with van der Waals surface area (Å²) in [6.45, 7) is 20.6. The molecular weight excluding hydrogens is 570 g/mol. The molecule has 6 aliphatic carbocycles. The maximum atomic E-state index is 11.6. The average molecular weight is 628 g/mol. The zero-order chi connectivity index (χ0) is 33.0. The van der Waals surface area contributed by atoms with Gasteiger partial charge in [-0.25, -0.2) is 4.79 Å². The van der Waals surface area contributed by atoms with Crippen LogP contribution in [0.5, 0.6) is 0 Å². The van der Waals surface area contributed by atoms with Gasteiger partial charge in [0.15, 0.2) is 0 Å². The van der Waals surface area contributed by atoms with Crippen molar-refractivity contribution < 1.29 is 19.8 Å². The van der Waals surface area contributed by atoms with Gasteiger partial charge >= 0.3 is 11.9 Å². The smallest absolute Gasteiger partial charge is 0.335 e. The third-order valence-corrected chi connectivity index (χ3v) is 16.0. The molecule has 2 unspecified atom stereocenters. The Kier molecular flexibility index (Phi) is 7.38. The number of carboxylic acids is 2. The predicted octanol–water partition coefficient (Wildman–Crippen LogP) is 9.10. The molecule has 5 fully saturated rings. The molecule has 0 spiro atoms. The van der Waals surface area contributed by atoms with Gasteiger partial charge < -0.3 is 15.5 Å². The summed E-state index contributed by atoms with van der Waals surface area (Å²) in [5.41, 5.74) is 5.14. The molecule has 5 saturated carbocycles. The monoisotopic (exact) mass is 627 g/mol. The molecule has 7 rings (SSSR count). The largest absolute Gasteiger partial charge is 0.481 e. The fourth-order valence-electron chi connectivity index (χ4n) is 13.5. The van der Waals surface area contributed by atoms with Crippen LogP contribution in [0.4, 0.5) is 0 Å². The number of aromatic carboxylic acids is 1. The van der Waals surface area contributed by atoms with E-state index in [4.69, 9.17) is 0 Å². The number of hydrogen-bond acceptors (Lipinski definition) is 3. The van der Waals surface area contributed by atoms with Crippen LogP contribution in [0.2, 0.25) is 0 Å². The van der Waals surface area contributed by atoms with Gasteiger partial charge in [-0.1, -0.05) is 65.0 Å². The van der Waals surface area contributed by atoms with Gasteiger partial charge in [0.25, 0.3) is 0 Å². The first kappa shape index (κ1) is 32.2. The summed E-state index contributed by atoms with van der Waals surface area (Å²) in [6.07, 6.45) is 14.4. The van der Waals surface area contributed by atoms with Gasteiger partial charge in [-0.05, 0) is 158 Å². The number of fused-ring (bicyclic) bond motifs is 7. The second-order valence-electron chi connectivity index (χ2n) is 18.1. The molecule has 0 bridgehead atoms. The Balaban J connectivity index is 1.19. The van der Waals surface area contributed by atoms with Crippen molar-refractivity contribution in [2.24, 2.45) is 63.1 Å². The van der Waals surface area contributed by atoms with E-state index in [1.807, 2.05) is 12.1 Å². The van der Waals surface area contributed by atoms with E-state index in [9.17, 15) is 19.8 Å². The standard InChI is InChI=1S/C41H57NO4/c1-24(2)28-14-19-41(42-23-27-22-29(27)36(45)46)21-20-39(6)31(34(28)41)12-13-33-38(5)17-15-30(25-8-10-26(11-9-25)35(43)44)37(3,4)32(38)16-18-40(33,39)7/h8-11,15,27-29,31-34,42H,1,12-14,16-23H2,2-7H3,(H,43,44)(H,45,46)/t27?,28-,29?,31+,32-,33+,34+,38-,39+,40+,41-/m0/s1. The normalized spacial score (nSPS) is 45.3. The number of carbonyl (C=O) groups is 2. The van der Waals surface area contributed by atoms with Crippen LogP contribution in [0, 0.1) is 63.1 Å². The highest BCUT2D eigenvalue weighted by Crippen LogP contribution is 2.76. The zero-order valence-electron chi connectivity index (χ0n) is 29.1. The Morgan fingerprint density at radius 1 is 0.870 bits per heavy atom. The lowest BCUT2D eigenvalue weighted by molar-refractivity contribution is -0.219. The summed E-state index contributed by atoms with van der Waals surface area (Å²) in [6, 6.07) is 7.56. The van der Waals surface area contributed by atoms with Gasteiger partial charge in [-0.15, -0.1) is 0 Å². The Hall–Kier alpha value is -2.40. The fourth-order valence-corrected chi connectivity index (χ4v) is 13.5. The van der Waals surface area contributed by atoms with E-state index in [2.05, 4.69) is 59.5 Å². The molecule has 11 atom stereocenters. The van der Waals surface area contributed by atoms with Gasteiger partial charge in [0.1, 0.15) is 0 Å². The van der Waals surface area contributed by atoms with E-state index in [0.717, 1.165) is 19.4 Å². The van der Waals surface area contributed by atoms with Crippen molar-refractivity contribution >= 4 is 17.5 Å². The first-order valence-electron chi connectivity index (χ1n) is 18.3. The van der Waals surface area contributed by atoms with Crippen molar-refractivity contribution in [2.75, 3.05) is 6.54 Å². The predicted molar refractivity (Wildman–Crippen MR) is 183 cm³/mol. The van der Waals surface area contributed by atoms with Gasteiger partial charge in [0, 0.05) is 5.54 Å². The highest BCUT2D eigenvalue weighted by molar-refractivity contribution is 5.88. The SMILES string of the molecule is C=C(C)[C@@H]1CC[C@]2(NCC3CC3C(=O)O)CC[C@]3(C)[C@H](CC[C@@H]4[C@@]5(C)CC=C(c6ccc(C(=O)O)cc6)C(C)(C)[C@@H]5CC[C@]43C)[C@@H]12. The quantitative estimate of drug-likeness (QED) is 0.263. The second-order valence-corrected chi connectivity index (χ2v) is 18.1. The molecule has 0 aliphatic heterocycles. The van der Waals surface area contributed by atoms with Crippen molar-refractivity contribution in [1.82, 2.24) is 5.32 Å². The van der Waals surface area contributed by atoms with Crippen LogP contribution in [0.25, 0.3) is 5.57 Å². The third-order valence-electron chi connectivity index (χ3n) is 16.0. The number of rotatable bonds is 7. The van der Waals surface area contributed by atoms with Crippen molar-refractivity contribution in [2.45, 2.75) is 111 Å². The summed E-state index contributed by atoms with van der Waals surface area (Å²) in [7, 11) is 0. The maximum absolute atomic E-state index is 11.6. The molecule has 5 heteroatoms. The number of allylic oxidation sites excluding steroid dienone is 3. The minimum Gasteiger partial charge on any atom is -0.481 e. The van der Waals surface area contributed by atoms with Crippen LogP contribution in [-0.4, -0.2) is 34.2 Å². The van der Waals surface area contributed by atoms with Gasteiger partial charge in [0.2, 0.25) is 0 Å². The van der Waals surface area contributed by atoms with Crippen LogP contribution in [-0.2, 0) is 4.79 Å². The summed E-state index contributed by atoms with van der Waals surface area (Å²) < 4.78 is 0. The Labute approximate surface area is 276 Å². The Morgan fingerprint density at radius 2 is 1.59 bits per heavy atom. The molecule has 1 aromatic carbocycles. The summed E-state index contributed by atoms with van der Waals surface area (Å²) in [5, 5.41) is 23.1. The average Bonchev–Trinajstić information content (AvgIpc) is 3.68. The first-order chi connectivity index (χ1) is 21.6. The molecule has 250 valence electrons. The Bertz CT molecular complexity index is 1480. The van der Waals surface area contributed by atoms with Crippen molar-refractivity contribution in [1.29, 1.82) is 0 Å². The minimum absolute atomic E-state index is 0.00951. The molecule has 0 saturated heterocycles. The number of nitrogens with one attached hydrogen (secondary N) is 1. The van der Waals surface area contributed by atoms with E-state index >= 15 is 0 Å². The molecule has 5 nitrogen and oxygen atoms in total. The highest BCUT2D eigenvalue weighted by atomic mass is 16.4. The lowest BCUT2D eigenvalue weighted by Crippen LogP contribution is -2.68. The molecule has 6 aliphatic rings. The van der Waals surface area contributed by atoms with Gasteiger partial charge in [-0.2, -0.15) is 0 Å². The van der Waals surface area contributed by atoms with Gasteiger partial charge in [-0.3, -0.25) is 4.79 Å². The zero-order valence-corrected chi connectivity index (χ0v) is 29.1. The molecule has 0 radical (unpaired) electrons. The van der Waals surface area contributed by atoms with Crippen molar-refractivity contribution in [3.8, 4) is 0 Å². The lowest BCUT2D eigenvalue weighted by Gasteiger charge is -2.72. The van der Waals surface area contributed by atoms with E-state index in [1.165, 1.54) is 68.1 Å². The number of carboxylic acid groups (broad SMARTS) is 2. The fraction of sp³-hybridized carbons (Fsp3) is 0.707. The van der Waals surface area contributed by atoms with Crippen LogP contribution < -0.4 is 5.32 Å². The third kappa shape index (κ3) is 4.42. The van der Waals surface area contributed by atoms with E-state index < -0.39 is 11.9 Å². The topological polar surface area (TPSA) is 86.6 Å². The lowest BCUT2D eigenvalue weighted by atomic mass is 9.33. The summed E-state index contributed by atoms with van der Waals surface area (Å²) in [4.78, 5) is 23.1. The molecule has 1 aromatic rings. The second kappa shape index (κ2) is 10.5. The van der Waals surface area contributed by atoms with Crippen LogP contribution in [0.3, 0.4) is 0 Å². The summed E-state index contributed by atoms with van der Waals surface area (Å²) >= 11 is 0. The number of aliphatic carboxylic acids is 1. The van der Waals surface area contributed by atoms with E-state index in [1.54, 1.807) is 12.1 Å². The Morgan fingerprint density at radius 3 is 2.22 bits per heavy atom. The maximum Gasteiger partial charge on any atom is 0.335 e. The molecule has 0 aromatic heterocycles. The van der Waals surface area contributed by atoms with Gasteiger partial charge in [0.05, 0.1) is 11.5 Å². The van der Waals surface area contributed by atoms with E-state index in [0.29, 0.717) is 35.2 Å². The molecule has 0 amide bonds. The highest BCUT2D eigenvalue weighted by Gasteiger charge is 2.70. The number of benzene rings is 1. The molecule has 0 heterocycles. The summed E-state index contributed by atoms with van der Waals surface area (Å²) in [5.74, 6) is 1.67. The number of hydrogen-bond donors (Lipinski definition) is 3. The van der Waals surface area contributed by atoms with Crippen LogP contribution in [0.15, 0.2) is 42.5 Å². The first-order valence-corrected chi connectivity index (χ1v) is 18.3. The van der Waals surface area contributed by atoms with E-state index in [-0.39, 0.29) is 39.0 Å².